The summed E-state index contributed by atoms with van der Waals surface area (Å²) in [6.07, 6.45) is 4.78. The predicted molar refractivity (Wildman–Crippen MR) is 80.9 cm³/mol. The summed E-state index contributed by atoms with van der Waals surface area (Å²) in [5, 5.41) is 9.03. The van der Waals surface area contributed by atoms with Crippen molar-refractivity contribution >= 4 is 21.6 Å². The second kappa shape index (κ2) is 8.16. The molecule has 0 aliphatic rings. The van der Waals surface area contributed by atoms with Gasteiger partial charge < -0.3 is 4.90 Å². The Hall–Kier alpha value is -1.01. The van der Waals surface area contributed by atoms with Gasteiger partial charge in [-0.3, -0.25) is 0 Å². The van der Waals surface area contributed by atoms with Gasteiger partial charge in [0.1, 0.15) is 0 Å². The van der Waals surface area contributed by atoms with Gasteiger partial charge in [-0.2, -0.15) is 5.26 Å². The number of nitrogens with zero attached hydrogens (tertiary/aromatic N) is 2. The first-order valence-electron chi connectivity index (χ1n) is 6.66. The number of hydrogen-bond acceptors (Lipinski definition) is 2. The first-order valence-corrected chi connectivity index (χ1v) is 7.46. The highest BCUT2D eigenvalue weighted by atomic mass is 79.9. The van der Waals surface area contributed by atoms with Crippen LogP contribution >= 0.6 is 15.9 Å². The van der Waals surface area contributed by atoms with E-state index in [0.717, 1.165) is 28.8 Å². The molecule has 0 atom stereocenters. The minimum absolute atomic E-state index is 0.720. The number of hydrogen-bond donors (Lipinski definition) is 0. The molecule has 0 fully saturated rings. The summed E-state index contributed by atoms with van der Waals surface area (Å²) >= 11 is 3.48. The molecule has 1 rings (SSSR count). The Labute approximate surface area is 119 Å². The summed E-state index contributed by atoms with van der Waals surface area (Å²) in [5.74, 6) is 0. The van der Waals surface area contributed by atoms with Crippen molar-refractivity contribution in [3.8, 4) is 6.07 Å². The molecule has 0 radical (unpaired) electrons. The molecule has 0 aliphatic heterocycles. The van der Waals surface area contributed by atoms with Crippen molar-refractivity contribution < 1.29 is 0 Å². The Bertz CT molecular complexity index is 401. The van der Waals surface area contributed by atoms with Crippen LogP contribution in [0.5, 0.6) is 0 Å². The molecule has 3 heteroatoms. The summed E-state index contributed by atoms with van der Waals surface area (Å²) in [6, 6.07) is 8.17. The molecule has 98 valence electrons. The minimum Gasteiger partial charge on any atom is -0.371 e. The van der Waals surface area contributed by atoms with Crippen LogP contribution in [0.2, 0.25) is 0 Å². The van der Waals surface area contributed by atoms with Gasteiger partial charge in [0.05, 0.1) is 11.6 Å². The van der Waals surface area contributed by atoms with Crippen LogP contribution < -0.4 is 4.90 Å². The van der Waals surface area contributed by atoms with Crippen molar-refractivity contribution in [1.82, 2.24) is 0 Å². The number of benzene rings is 1. The topological polar surface area (TPSA) is 27.0 Å². The van der Waals surface area contributed by atoms with E-state index >= 15 is 0 Å². The average Bonchev–Trinajstić information content (AvgIpc) is 2.38. The van der Waals surface area contributed by atoms with E-state index in [1.54, 1.807) is 0 Å². The van der Waals surface area contributed by atoms with Crippen LogP contribution in [0.25, 0.3) is 0 Å². The van der Waals surface area contributed by atoms with Gasteiger partial charge in [0, 0.05) is 23.2 Å². The minimum atomic E-state index is 0.720. The molecule has 0 saturated carbocycles. The zero-order valence-corrected chi connectivity index (χ0v) is 12.8. The van der Waals surface area contributed by atoms with Gasteiger partial charge in [-0.15, -0.1) is 0 Å². The van der Waals surface area contributed by atoms with E-state index in [9.17, 15) is 0 Å². The zero-order valence-electron chi connectivity index (χ0n) is 11.2. The molecule has 0 spiro atoms. The van der Waals surface area contributed by atoms with Crippen LogP contribution in [0.4, 0.5) is 5.69 Å². The monoisotopic (exact) mass is 308 g/mol. The van der Waals surface area contributed by atoms with E-state index in [-0.39, 0.29) is 0 Å². The Morgan fingerprint density at radius 2 is 1.72 bits per heavy atom. The number of rotatable bonds is 7. The smallest absolute Gasteiger partial charge is 0.0992 e. The van der Waals surface area contributed by atoms with Gasteiger partial charge in [0.15, 0.2) is 0 Å². The third-order valence-corrected chi connectivity index (χ3v) is 3.40. The second-order valence-corrected chi connectivity index (χ2v) is 5.42. The summed E-state index contributed by atoms with van der Waals surface area (Å²) in [5.41, 5.74) is 1.88. The molecule has 0 N–H and O–H groups in total. The lowest BCUT2D eigenvalue weighted by molar-refractivity contribution is 0.678. The van der Waals surface area contributed by atoms with E-state index in [1.807, 2.05) is 12.1 Å². The van der Waals surface area contributed by atoms with Crippen molar-refractivity contribution in [2.45, 2.75) is 39.5 Å². The lowest BCUT2D eigenvalue weighted by Gasteiger charge is -2.25. The van der Waals surface area contributed by atoms with Gasteiger partial charge in [-0.05, 0) is 31.0 Å². The first-order chi connectivity index (χ1) is 8.71. The lowest BCUT2D eigenvalue weighted by Crippen LogP contribution is -2.25. The molecule has 0 heterocycles. The number of unbranched alkanes of at least 4 members (excludes halogenated alkanes) is 2. The van der Waals surface area contributed by atoms with Gasteiger partial charge in [-0.1, -0.05) is 42.6 Å². The molecule has 1 aromatic carbocycles. The molecule has 1 aromatic rings. The molecule has 0 aromatic heterocycles. The molecular weight excluding hydrogens is 288 g/mol. The highest BCUT2D eigenvalue weighted by Crippen LogP contribution is 2.23. The van der Waals surface area contributed by atoms with E-state index in [1.165, 1.54) is 25.7 Å². The Morgan fingerprint density at radius 3 is 2.22 bits per heavy atom. The molecule has 0 aliphatic carbocycles. The normalized spacial score (nSPS) is 10.1. The summed E-state index contributed by atoms with van der Waals surface area (Å²) in [7, 11) is 0. The molecule has 0 amide bonds. The molecule has 18 heavy (non-hydrogen) atoms. The van der Waals surface area contributed by atoms with Crippen LogP contribution in [0.3, 0.4) is 0 Å². The SMILES string of the molecule is CCCCN(CCCC)c1cc(Br)cc(C#N)c1. The maximum absolute atomic E-state index is 9.03. The molecule has 0 bridgehead atoms. The van der Waals surface area contributed by atoms with E-state index in [0.29, 0.717) is 0 Å². The van der Waals surface area contributed by atoms with Crippen molar-refractivity contribution in [3.05, 3.63) is 28.2 Å². The van der Waals surface area contributed by atoms with Crippen LogP contribution in [-0.4, -0.2) is 13.1 Å². The molecule has 0 saturated heterocycles. The summed E-state index contributed by atoms with van der Waals surface area (Å²) in [4.78, 5) is 2.39. The molecule has 2 nitrogen and oxygen atoms in total. The highest BCUT2D eigenvalue weighted by molar-refractivity contribution is 9.10. The largest absolute Gasteiger partial charge is 0.371 e. The molecular formula is C15H21BrN2. The summed E-state index contributed by atoms with van der Waals surface area (Å²) < 4.78 is 0.981. The zero-order chi connectivity index (χ0) is 13.4. The van der Waals surface area contributed by atoms with E-state index < -0.39 is 0 Å². The van der Waals surface area contributed by atoms with E-state index in [2.05, 4.69) is 46.8 Å². The van der Waals surface area contributed by atoms with Crippen molar-refractivity contribution in [2.24, 2.45) is 0 Å². The standard InChI is InChI=1S/C15H21BrN2/c1-3-5-7-18(8-6-4-2)15-10-13(12-17)9-14(16)11-15/h9-11H,3-8H2,1-2H3. The quantitative estimate of drug-likeness (QED) is 0.728. The Balaban J connectivity index is 2.89. The van der Waals surface area contributed by atoms with Crippen LogP contribution in [0.1, 0.15) is 45.1 Å². The van der Waals surface area contributed by atoms with Gasteiger partial charge in [0.25, 0.3) is 0 Å². The highest BCUT2D eigenvalue weighted by Gasteiger charge is 2.07. The average molecular weight is 309 g/mol. The number of nitriles is 1. The molecule has 0 unspecified atom stereocenters. The lowest BCUT2D eigenvalue weighted by atomic mass is 10.1. The summed E-state index contributed by atoms with van der Waals surface area (Å²) in [6.45, 7) is 6.55. The van der Waals surface area contributed by atoms with E-state index in [4.69, 9.17) is 5.26 Å². The van der Waals surface area contributed by atoms with Gasteiger partial charge in [-0.25, -0.2) is 0 Å². The van der Waals surface area contributed by atoms with Crippen molar-refractivity contribution in [3.63, 3.8) is 0 Å². The van der Waals surface area contributed by atoms with Crippen molar-refractivity contribution in [1.29, 1.82) is 5.26 Å². The second-order valence-electron chi connectivity index (χ2n) is 4.50. The fourth-order valence-corrected chi connectivity index (χ4v) is 2.37. The third-order valence-electron chi connectivity index (χ3n) is 2.94. The predicted octanol–water partition coefficient (Wildman–Crippen LogP) is 4.73. The Kier molecular flexibility index (Phi) is 6.82. The maximum atomic E-state index is 9.03. The number of halogens is 1. The first kappa shape index (κ1) is 15.0. The van der Waals surface area contributed by atoms with Crippen molar-refractivity contribution in [2.75, 3.05) is 18.0 Å². The van der Waals surface area contributed by atoms with Gasteiger partial charge in [0.2, 0.25) is 0 Å². The van der Waals surface area contributed by atoms with Gasteiger partial charge >= 0.3 is 0 Å². The fourth-order valence-electron chi connectivity index (χ4n) is 1.89. The van der Waals surface area contributed by atoms with Crippen LogP contribution in [-0.2, 0) is 0 Å². The fraction of sp³-hybridized carbons (Fsp3) is 0.533. The van der Waals surface area contributed by atoms with Crippen LogP contribution in [0.15, 0.2) is 22.7 Å². The van der Waals surface area contributed by atoms with Crippen LogP contribution in [0, 0.1) is 11.3 Å². The third kappa shape index (κ3) is 4.70. The number of anilines is 1. The Morgan fingerprint density at radius 1 is 1.11 bits per heavy atom. The maximum Gasteiger partial charge on any atom is 0.0992 e.